The fourth-order valence-corrected chi connectivity index (χ4v) is 5.85. The molecule has 2 heterocycles. The van der Waals surface area contributed by atoms with E-state index in [1.807, 2.05) is 104 Å². The molecule has 2 aromatic heterocycles. The molecule has 6 aromatic rings. The number of ether oxygens (including phenoxy) is 1. The van der Waals surface area contributed by atoms with Gasteiger partial charge in [0.1, 0.15) is 5.01 Å². The first kappa shape index (κ1) is 28.0. The highest BCUT2D eigenvalue weighted by atomic mass is 32.1. The Morgan fingerprint density at radius 3 is 2.42 bits per heavy atom. The third kappa shape index (κ3) is 6.37. The zero-order chi connectivity index (χ0) is 29.8. The maximum absolute atomic E-state index is 13.4. The summed E-state index contributed by atoms with van der Waals surface area (Å²) in [5, 5.41) is 4.48. The number of benzene rings is 4. The van der Waals surface area contributed by atoms with Crippen molar-refractivity contribution in [2.45, 2.75) is 26.4 Å². The molecule has 6 nitrogen and oxygen atoms in total. The zero-order valence-electron chi connectivity index (χ0n) is 23.8. The first-order valence-electron chi connectivity index (χ1n) is 14.1. The molecule has 0 saturated heterocycles. The van der Waals surface area contributed by atoms with Crippen LogP contribution in [-0.2, 0) is 9.53 Å². The summed E-state index contributed by atoms with van der Waals surface area (Å²) in [6.45, 7) is 3.88. The highest BCUT2D eigenvalue weighted by Gasteiger charge is 2.24. The molecule has 4 aromatic carbocycles. The number of thiazole rings is 1. The Morgan fingerprint density at radius 2 is 1.63 bits per heavy atom. The summed E-state index contributed by atoms with van der Waals surface area (Å²) in [4.78, 5) is 36.1. The number of fused-ring (bicyclic) bond motifs is 2. The number of hydrogen-bond acceptors (Lipinski definition) is 6. The Kier molecular flexibility index (Phi) is 8.07. The Labute approximate surface area is 253 Å². The molecule has 0 saturated carbocycles. The minimum Gasteiger partial charge on any atom is -0.449 e. The topological polar surface area (TPSA) is 81.2 Å². The Morgan fingerprint density at radius 1 is 0.860 bits per heavy atom. The molecule has 0 bridgehead atoms. The van der Waals surface area contributed by atoms with Gasteiger partial charge < -0.3 is 10.1 Å². The van der Waals surface area contributed by atoms with Crippen LogP contribution in [0.5, 0.6) is 0 Å². The summed E-state index contributed by atoms with van der Waals surface area (Å²) in [5.41, 5.74) is 6.43. The summed E-state index contributed by atoms with van der Waals surface area (Å²) < 4.78 is 6.91. The smallest absolute Gasteiger partial charge is 0.339 e. The van der Waals surface area contributed by atoms with Crippen molar-refractivity contribution in [2.75, 3.05) is 5.32 Å². The van der Waals surface area contributed by atoms with Gasteiger partial charge in [-0.05, 0) is 79.1 Å². The van der Waals surface area contributed by atoms with Crippen LogP contribution in [0.3, 0.4) is 0 Å². The molecule has 1 N–H and O–H groups in total. The molecule has 6 rings (SSSR count). The fraction of sp³-hybridized carbons (Fsp3) is 0.111. The fourth-order valence-electron chi connectivity index (χ4n) is 4.79. The lowest BCUT2D eigenvalue weighted by molar-refractivity contribution is -0.124. The monoisotopic (exact) mass is 583 g/mol. The van der Waals surface area contributed by atoms with E-state index in [1.165, 1.54) is 5.56 Å². The van der Waals surface area contributed by atoms with Crippen LogP contribution in [0.4, 0.5) is 5.69 Å². The third-order valence-corrected chi connectivity index (χ3v) is 8.13. The number of carbonyl (C=O) groups is 2. The van der Waals surface area contributed by atoms with Gasteiger partial charge in [0.05, 0.1) is 27.0 Å². The lowest BCUT2D eigenvalue weighted by atomic mass is 10.1. The van der Waals surface area contributed by atoms with Crippen molar-refractivity contribution in [1.82, 2.24) is 9.97 Å². The molecule has 0 spiro atoms. The third-order valence-electron chi connectivity index (χ3n) is 7.06. The molecule has 1 amide bonds. The van der Waals surface area contributed by atoms with E-state index in [9.17, 15) is 9.59 Å². The van der Waals surface area contributed by atoms with Crippen molar-refractivity contribution in [3.05, 3.63) is 126 Å². The van der Waals surface area contributed by atoms with Crippen molar-refractivity contribution in [2.24, 2.45) is 0 Å². The van der Waals surface area contributed by atoms with Crippen molar-refractivity contribution >= 4 is 62.2 Å². The average molecular weight is 584 g/mol. The number of aromatic nitrogens is 2. The number of carbonyl (C=O) groups excluding carboxylic acids is 2. The summed E-state index contributed by atoms with van der Waals surface area (Å²) >= 11 is 1.64. The SMILES string of the molecule is CCC(OC(=O)c1cc(/C=C/c2ccccc2)nc2ccccc12)C(=O)Nc1ccc(-c2nc3ccc(C)cc3s2)cc1. The molecule has 1 unspecified atom stereocenters. The molecule has 0 fully saturated rings. The lowest BCUT2D eigenvalue weighted by Gasteiger charge is -2.17. The minimum atomic E-state index is -0.963. The average Bonchev–Trinajstić information content (AvgIpc) is 3.46. The summed E-state index contributed by atoms with van der Waals surface area (Å²) in [6, 6.07) is 32.7. The largest absolute Gasteiger partial charge is 0.449 e. The van der Waals surface area contributed by atoms with Gasteiger partial charge >= 0.3 is 5.97 Å². The molecule has 0 aliphatic heterocycles. The van der Waals surface area contributed by atoms with Crippen molar-refractivity contribution in [1.29, 1.82) is 0 Å². The minimum absolute atomic E-state index is 0.324. The summed E-state index contributed by atoms with van der Waals surface area (Å²) in [7, 11) is 0. The van der Waals surface area contributed by atoms with Crippen LogP contribution in [0.2, 0.25) is 0 Å². The molecule has 0 aliphatic carbocycles. The van der Waals surface area contributed by atoms with Crippen LogP contribution >= 0.6 is 11.3 Å². The predicted molar refractivity (Wildman–Crippen MR) is 175 cm³/mol. The van der Waals surface area contributed by atoms with Crippen LogP contribution in [0.15, 0.2) is 103 Å². The van der Waals surface area contributed by atoms with Crippen LogP contribution < -0.4 is 5.32 Å². The second-order valence-corrected chi connectivity index (χ2v) is 11.2. The molecule has 0 radical (unpaired) electrons. The molecule has 0 aliphatic rings. The van der Waals surface area contributed by atoms with Crippen LogP contribution in [0.1, 0.15) is 40.5 Å². The number of rotatable bonds is 8. The first-order chi connectivity index (χ1) is 21.0. The van der Waals surface area contributed by atoms with Crippen molar-refractivity contribution < 1.29 is 14.3 Å². The first-order valence-corrected chi connectivity index (χ1v) is 14.9. The number of hydrogen-bond donors (Lipinski definition) is 1. The predicted octanol–water partition coefficient (Wildman–Crippen LogP) is 8.56. The highest BCUT2D eigenvalue weighted by molar-refractivity contribution is 7.21. The van der Waals surface area contributed by atoms with Gasteiger partial charge in [0.25, 0.3) is 5.91 Å². The number of esters is 1. The van der Waals surface area contributed by atoms with Gasteiger partial charge in [-0.2, -0.15) is 0 Å². The normalized spacial score (nSPS) is 12.0. The summed E-state index contributed by atoms with van der Waals surface area (Å²) in [6.07, 6.45) is 3.17. The lowest BCUT2D eigenvalue weighted by Crippen LogP contribution is -2.32. The van der Waals surface area contributed by atoms with Gasteiger partial charge in [0.2, 0.25) is 0 Å². The number of nitrogens with one attached hydrogen (secondary N) is 1. The second kappa shape index (κ2) is 12.4. The van der Waals surface area contributed by atoms with E-state index >= 15 is 0 Å². The van der Waals surface area contributed by atoms with E-state index in [-0.39, 0.29) is 5.91 Å². The number of anilines is 1. The van der Waals surface area contributed by atoms with E-state index in [0.717, 1.165) is 26.4 Å². The maximum Gasteiger partial charge on any atom is 0.339 e. The van der Waals surface area contributed by atoms with Crippen LogP contribution in [0.25, 0.3) is 43.8 Å². The van der Waals surface area contributed by atoms with Crippen molar-refractivity contribution in [3.8, 4) is 10.6 Å². The van der Waals surface area contributed by atoms with E-state index in [1.54, 1.807) is 17.4 Å². The number of amides is 1. The van der Waals surface area contributed by atoms with Gasteiger partial charge in [-0.3, -0.25) is 4.79 Å². The number of aryl methyl sites for hydroxylation is 1. The zero-order valence-corrected chi connectivity index (χ0v) is 24.6. The van der Waals surface area contributed by atoms with Gasteiger partial charge in [0, 0.05) is 16.6 Å². The van der Waals surface area contributed by atoms with Crippen LogP contribution in [-0.4, -0.2) is 27.9 Å². The molecular formula is C36H29N3O3S. The highest BCUT2D eigenvalue weighted by Crippen LogP contribution is 2.31. The number of nitrogens with zero attached hydrogens (tertiary/aromatic N) is 2. The number of para-hydroxylation sites is 1. The maximum atomic E-state index is 13.4. The molecule has 1 atom stereocenters. The molecular weight excluding hydrogens is 554 g/mol. The van der Waals surface area contributed by atoms with Gasteiger partial charge in [-0.1, -0.05) is 67.6 Å². The standard InChI is InChI=1S/C36H29N3O3S/c1-3-32(34(40)38-26-18-15-25(16-19-26)35-39-31-20-13-23(2)21-33(31)43-35)42-36(41)29-22-27(17-14-24-9-5-4-6-10-24)37-30-12-8-7-11-28(29)30/h4-22,32H,3H2,1-2H3,(H,38,40)/b17-14+. The van der Waals surface area contributed by atoms with Crippen molar-refractivity contribution in [3.63, 3.8) is 0 Å². The van der Waals surface area contributed by atoms with Gasteiger partial charge in [0.15, 0.2) is 6.10 Å². The second-order valence-electron chi connectivity index (χ2n) is 10.2. The van der Waals surface area contributed by atoms with Gasteiger partial charge in [-0.15, -0.1) is 11.3 Å². The Bertz CT molecular complexity index is 1960. The molecule has 212 valence electrons. The van der Waals surface area contributed by atoms with E-state index in [2.05, 4.69) is 24.4 Å². The van der Waals surface area contributed by atoms with E-state index < -0.39 is 12.1 Å². The quantitative estimate of drug-likeness (QED) is 0.182. The van der Waals surface area contributed by atoms with Gasteiger partial charge in [-0.25, -0.2) is 14.8 Å². The Hall–Kier alpha value is -5.14. The number of pyridine rings is 1. The molecule has 43 heavy (non-hydrogen) atoms. The van der Waals surface area contributed by atoms with Crippen LogP contribution in [0, 0.1) is 6.92 Å². The van der Waals surface area contributed by atoms with E-state index in [0.29, 0.717) is 34.3 Å². The molecule has 7 heteroatoms. The Balaban J connectivity index is 1.17. The summed E-state index contributed by atoms with van der Waals surface area (Å²) in [5.74, 6) is -0.960. The van der Waals surface area contributed by atoms with E-state index in [4.69, 9.17) is 14.7 Å².